The smallest absolute Gasteiger partial charge is 0.125 e. The minimum absolute atomic E-state index is 0.0446. The van der Waals surface area contributed by atoms with E-state index in [-0.39, 0.29) is 6.04 Å². The second-order valence-electron chi connectivity index (χ2n) is 5.01. The zero-order chi connectivity index (χ0) is 12.5. The topological polar surface area (TPSA) is 41.9 Å². The van der Waals surface area contributed by atoms with Crippen molar-refractivity contribution >= 4 is 0 Å². The number of aryl methyl sites for hydroxylation is 1. The van der Waals surface area contributed by atoms with Crippen LogP contribution in [0.1, 0.15) is 17.2 Å². The highest BCUT2D eigenvalue weighted by molar-refractivity contribution is 5.40. The molecule has 0 radical (unpaired) electrons. The van der Waals surface area contributed by atoms with Crippen molar-refractivity contribution in [3.63, 3.8) is 0 Å². The summed E-state index contributed by atoms with van der Waals surface area (Å²) in [7, 11) is 0. The van der Waals surface area contributed by atoms with Gasteiger partial charge in [-0.15, -0.1) is 0 Å². The summed E-state index contributed by atoms with van der Waals surface area (Å²) in [5, 5.41) is 10.5. The number of rotatable bonds is 1. The standard InChI is InChI=1S/C14H19NO3/c1-10-2-3-13-11(8-10)14(16)12(9-18-13)15-4-6-17-7-5-15/h2-3,8,12,14,16H,4-7,9H2,1H3. The molecule has 0 saturated carbocycles. The summed E-state index contributed by atoms with van der Waals surface area (Å²) >= 11 is 0. The molecule has 0 bridgehead atoms. The van der Waals surface area contributed by atoms with E-state index >= 15 is 0 Å². The Kier molecular flexibility index (Phi) is 3.24. The third kappa shape index (κ3) is 2.11. The fourth-order valence-corrected chi connectivity index (χ4v) is 2.72. The number of nitrogens with zero attached hydrogens (tertiary/aromatic N) is 1. The average molecular weight is 249 g/mol. The molecule has 1 saturated heterocycles. The van der Waals surface area contributed by atoms with E-state index in [4.69, 9.17) is 9.47 Å². The van der Waals surface area contributed by atoms with Gasteiger partial charge in [0, 0.05) is 18.7 Å². The van der Waals surface area contributed by atoms with Crippen molar-refractivity contribution in [3.05, 3.63) is 29.3 Å². The fourth-order valence-electron chi connectivity index (χ4n) is 2.72. The minimum atomic E-state index is -0.466. The molecule has 18 heavy (non-hydrogen) atoms. The third-order valence-corrected chi connectivity index (χ3v) is 3.77. The van der Waals surface area contributed by atoms with Gasteiger partial charge in [0.1, 0.15) is 18.5 Å². The van der Waals surface area contributed by atoms with Crippen LogP contribution >= 0.6 is 0 Å². The number of aliphatic hydroxyl groups is 1. The lowest BCUT2D eigenvalue weighted by Crippen LogP contribution is -2.50. The van der Waals surface area contributed by atoms with E-state index in [1.165, 1.54) is 0 Å². The van der Waals surface area contributed by atoms with Crippen LogP contribution in [0, 0.1) is 6.92 Å². The van der Waals surface area contributed by atoms with Crippen LogP contribution in [0.3, 0.4) is 0 Å². The Bertz CT molecular complexity index is 429. The number of fused-ring (bicyclic) bond motifs is 1. The van der Waals surface area contributed by atoms with Gasteiger partial charge in [0.15, 0.2) is 0 Å². The summed E-state index contributed by atoms with van der Waals surface area (Å²) in [5.74, 6) is 0.817. The van der Waals surface area contributed by atoms with Crippen LogP contribution in [0.15, 0.2) is 18.2 Å². The van der Waals surface area contributed by atoms with Gasteiger partial charge in [-0.25, -0.2) is 0 Å². The van der Waals surface area contributed by atoms with E-state index in [1.54, 1.807) is 0 Å². The number of ether oxygens (including phenoxy) is 2. The molecule has 0 amide bonds. The predicted octanol–water partition coefficient (Wildman–Crippen LogP) is 1.12. The highest BCUT2D eigenvalue weighted by atomic mass is 16.5. The van der Waals surface area contributed by atoms with E-state index in [0.29, 0.717) is 6.61 Å². The van der Waals surface area contributed by atoms with E-state index < -0.39 is 6.10 Å². The molecule has 1 N–H and O–H groups in total. The van der Waals surface area contributed by atoms with Crippen LogP contribution in [0.5, 0.6) is 5.75 Å². The molecule has 0 aliphatic carbocycles. The molecular formula is C14H19NO3. The number of benzene rings is 1. The van der Waals surface area contributed by atoms with Gasteiger partial charge in [0.2, 0.25) is 0 Å². The molecule has 2 aliphatic heterocycles. The molecule has 2 heterocycles. The van der Waals surface area contributed by atoms with Gasteiger partial charge < -0.3 is 14.6 Å². The molecule has 4 nitrogen and oxygen atoms in total. The third-order valence-electron chi connectivity index (χ3n) is 3.77. The van der Waals surface area contributed by atoms with E-state index in [0.717, 1.165) is 43.2 Å². The van der Waals surface area contributed by atoms with Gasteiger partial charge in [-0.2, -0.15) is 0 Å². The maximum absolute atomic E-state index is 10.5. The van der Waals surface area contributed by atoms with Crippen molar-refractivity contribution in [3.8, 4) is 5.75 Å². The Labute approximate surface area is 107 Å². The SMILES string of the molecule is Cc1ccc2c(c1)C(O)C(N1CCOCC1)CO2. The van der Waals surface area contributed by atoms with Crippen molar-refractivity contribution in [2.24, 2.45) is 0 Å². The quantitative estimate of drug-likeness (QED) is 0.810. The Balaban J connectivity index is 1.83. The predicted molar refractivity (Wildman–Crippen MR) is 67.8 cm³/mol. The van der Waals surface area contributed by atoms with Crippen molar-refractivity contribution in [2.45, 2.75) is 19.1 Å². The van der Waals surface area contributed by atoms with Gasteiger partial charge in [-0.1, -0.05) is 11.6 Å². The largest absolute Gasteiger partial charge is 0.491 e. The first kappa shape index (κ1) is 12.0. The van der Waals surface area contributed by atoms with Gasteiger partial charge >= 0.3 is 0 Å². The average Bonchev–Trinajstić information content (AvgIpc) is 2.41. The molecule has 3 rings (SSSR count). The van der Waals surface area contributed by atoms with E-state index in [2.05, 4.69) is 4.90 Å². The molecule has 4 heteroatoms. The second-order valence-corrected chi connectivity index (χ2v) is 5.01. The Morgan fingerprint density at radius 3 is 2.83 bits per heavy atom. The molecule has 2 aliphatic rings. The first-order valence-electron chi connectivity index (χ1n) is 6.49. The molecule has 0 spiro atoms. The van der Waals surface area contributed by atoms with Crippen molar-refractivity contribution < 1.29 is 14.6 Å². The monoisotopic (exact) mass is 249 g/mol. The highest BCUT2D eigenvalue weighted by Crippen LogP contribution is 2.35. The lowest BCUT2D eigenvalue weighted by molar-refractivity contribution is -0.0454. The zero-order valence-electron chi connectivity index (χ0n) is 10.6. The van der Waals surface area contributed by atoms with Crippen LogP contribution in [0.25, 0.3) is 0 Å². The van der Waals surface area contributed by atoms with Crippen LogP contribution in [0.4, 0.5) is 0 Å². The summed E-state index contributed by atoms with van der Waals surface area (Å²) < 4.78 is 11.1. The summed E-state index contributed by atoms with van der Waals surface area (Å²) in [6, 6.07) is 6.03. The molecule has 1 aromatic rings. The first-order valence-corrected chi connectivity index (χ1v) is 6.49. The lowest BCUT2D eigenvalue weighted by atomic mass is 9.96. The molecule has 2 unspecified atom stereocenters. The van der Waals surface area contributed by atoms with Crippen LogP contribution in [0.2, 0.25) is 0 Å². The molecule has 2 atom stereocenters. The first-order chi connectivity index (χ1) is 8.75. The Hall–Kier alpha value is -1.10. The molecule has 1 fully saturated rings. The summed E-state index contributed by atoms with van der Waals surface area (Å²) in [6.07, 6.45) is -0.466. The normalized spacial score (nSPS) is 28.6. The lowest BCUT2D eigenvalue weighted by Gasteiger charge is -2.40. The number of aliphatic hydroxyl groups excluding tert-OH is 1. The van der Waals surface area contributed by atoms with E-state index in [9.17, 15) is 5.11 Å². The fraction of sp³-hybridized carbons (Fsp3) is 0.571. The van der Waals surface area contributed by atoms with Crippen LogP contribution < -0.4 is 4.74 Å². The molecular weight excluding hydrogens is 230 g/mol. The van der Waals surface area contributed by atoms with Crippen molar-refractivity contribution in [1.29, 1.82) is 0 Å². The van der Waals surface area contributed by atoms with E-state index in [1.807, 2.05) is 25.1 Å². The maximum atomic E-state index is 10.5. The van der Waals surface area contributed by atoms with Gasteiger partial charge in [0.05, 0.1) is 19.3 Å². The number of hydrogen-bond acceptors (Lipinski definition) is 4. The molecule has 98 valence electrons. The van der Waals surface area contributed by atoms with Gasteiger partial charge in [-0.05, 0) is 19.1 Å². The van der Waals surface area contributed by atoms with Gasteiger partial charge in [-0.3, -0.25) is 4.90 Å². The minimum Gasteiger partial charge on any atom is -0.491 e. The summed E-state index contributed by atoms with van der Waals surface area (Å²) in [6.45, 7) is 5.80. The van der Waals surface area contributed by atoms with Crippen LogP contribution in [-0.4, -0.2) is 49.0 Å². The second kappa shape index (κ2) is 4.88. The van der Waals surface area contributed by atoms with Gasteiger partial charge in [0.25, 0.3) is 0 Å². The van der Waals surface area contributed by atoms with Crippen LogP contribution in [-0.2, 0) is 4.74 Å². The molecule has 1 aromatic carbocycles. The molecule has 0 aromatic heterocycles. The zero-order valence-corrected chi connectivity index (χ0v) is 10.6. The Morgan fingerprint density at radius 2 is 2.06 bits per heavy atom. The Morgan fingerprint density at radius 1 is 1.28 bits per heavy atom. The maximum Gasteiger partial charge on any atom is 0.125 e. The summed E-state index contributed by atoms with van der Waals surface area (Å²) in [5.41, 5.74) is 2.07. The van der Waals surface area contributed by atoms with Crippen molar-refractivity contribution in [1.82, 2.24) is 4.90 Å². The summed E-state index contributed by atoms with van der Waals surface area (Å²) in [4.78, 5) is 2.26. The number of hydrogen-bond donors (Lipinski definition) is 1. The van der Waals surface area contributed by atoms with Crippen molar-refractivity contribution in [2.75, 3.05) is 32.9 Å². The number of morpholine rings is 1. The highest BCUT2D eigenvalue weighted by Gasteiger charge is 2.34.